The van der Waals surface area contributed by atoms with Gasteiger partial charge in [-0.15, -0.1) is 0 Å². The number of hydrogen-bond donors (Lipinski definition) is 2. The highest BCUT2D eigenvalue weighted by atomic mass is 16.3. The fraction of sp³-hybridized carbons (Fsp3) is 0.167. The van der Waals surface area contributed by atoms with Gasteiger partial charge >= 0.3 is 0 Å². The summed E-state index contributed by atoms with van der Waals surface area (Å²) >= 11 is 0. The summed E-state index contributed by atoms with van der Waals surface area (Å²) in [6.45, 7) is 0. The smallest absolute Gasteiger partial charge is 0.229 e. The van der Waals surface area contributed by atoms with E-state index < -0.39 is 0 Å². The van der Waals surface area contributed by atoms with E-state index in [2.05, 4.69) is 15.0 Å². The summed E-state index contributed by atoms with van der Waals surface area (Å²) in [5, 5.41) is 9.29. The Bertz CT molecular complexity index is 635. The highest BCUT2D eigenvalue weighted by molar-refractivity contribution is 5.74. The minimum Gasteiger partial charge on any atom is -0.492 e. The van der Waals surface area contributed by atoms with E-state index in [9.17, 15) is 5.11 Å². The van der Waals surface area contributed by atoms with Gasteiger partial charge in [0.05, 0.1) is 23.7 Å². The Hall–Kier alpha value is -2.30. The number of fused-ring (bicyclic) bond motifs is 1. The molecule has 0 aliphatic carbocycles. The molecule has 2 N–H and O–H groups in total. The molecule has 0 saturated heterocycles. The third-order valence-electron chi connectivity index (χ3n) is 2.72. The van der Waals surface area contributed by atoms with Crippen LogP contribution in [0.3, 0.4) is 0 Å². The molecule has 2 heterocycles. The Labute approximate surface area is 97.8 Å². The summed E-state index contributed by atoms with van der Waals surface area (Å²) in [7, 11) is 1.85. The van der Waals surface area contributed by atoms with Gasteiger partial charge in [0.25, 0.3) is 0 Å². The van der Waals surface area contributed by atoms with Crippen LogP contribution in [-0.4, -0.2) is 24.6 Å². The minimum absolute atomic E-state index is 0.0404. The highest BCUT2D eigenvalue weighted by Crippen LogP contribution is 2.14. The van der Waals surface area contributed by atoms with E-state index in [-0.39, 0.29) is 5.88 Å². The molecule has 0 atom stereocenters. The monoisotopic (exact) mass is 228 g/mol. The summed E-state index contributed by atoms with van der Waals surface area (Å²) in [6.07, 6.45) is 2.16. The predicted molar refractivity (Wildman–Crippen MR) is 63.8 cm³/mol. The third-order valence-corrected chi connectivity index (χ3v) is 2.72. The van der Waals surface area contributed by atoms with Crippen LogP contribution in [0, 0.1) is 0 Å². The molecule has 2 aromatic heterocycles. The first kappa shape index (κ1) is 9.89. The molecule has 0 fully saturated rings. The number of aromatic nitrogens is 4. The molecule has 0 bridgehead atoms. The number of para-hydroxylation sites is 2. The molecule has 86 valence electrons. The normalized spacial score (nSPS) is 11.1. The Morgan fingerprint density at radius 3 is 2.82 bits per heavy atom. The van der Waals surface area contributed by atoms with Crippen LogP contribution in [-0.2, 0) is 13.5 Å². The summed E-state index contributed by atoms with van der Waals surface area (Å²) in [4.78, 5) is 11.7. The van der Waals surface area contributed by atoms with Crippen molar-refractivity contribution < 1.29 is 5.11 Å². The maximum Gasteiger partial charge on any atom is 0.229 e. The van der Waals surface area contributed by atoms with E-state index >= 15 is 0 Å². The summed E-state index contributed by atoms with van der Waals surface area (Å²) < 4.78 is 1.79. The largest absolute Gasteiger partial charge is 0.492 e. The second-order valence-electron chi connectivity index (χ2n) is 4.00. The second kappa shape index (κ2) is 3.62. The number of aromatic amines is 1. The number of aryl methyl sites for hydroxylation is 1. The lowest BCUT2D eigenvalue weighted by molar-refractivity contribution is 0.455. The van der Waals surface area contributed by atoms with Gasteiger partial charge in [-0.2, -0.15) is 4.98 Å². The average Bonchev–Trinajstić information content (AvgIpc) is 2.82. The number of nitrogens with one attached hydrogen (secondary N) is 1. The Kier molecular flexibility index (Phi) is 2.11. The zero-order chi connectivity index (χ0) is 11.8. The van der Waals surface area contributed by atoms with Gasteiger partial charge < -0.3 is 14.7 Å². The molecule has 0 radical (unpaired) electrons. The zero-order valence-corrected chi connectivity index (χ0v) is 9.38. The standard InChI is InChI=1S/C12H12N4O/c1-16-7-12(17)15-11(16)6-10-13-8-4-2-3-5-9(8)14-10/h2-5,7,17H,6H2,1H3,(H,13,14). The van der Waals surface area contributed by atoms with E-state index in [1.807, 2.05) is 31.3 Å². The van der Waals surface area contributed by atoms with Crippen LogP contribution in [0.25, 0.3) is 11.0 Å². The molecule has 5 heteroatoms. The first-order chi connectivity index (χ1) is 8.22. The van der Waals surface area contributed by atoms with Gasteiger partial charge in [-0.1, -0.05) is 12.1 Å². The van der Waals surface area contributed by atoms with Crippen molar-refractivity contribution in [1.82, 2.24) is 19.5 Å². The Morgan fingerprint density at radius 2 is 2.12 bits per heavy atom. The van der Waals surface area contributed by atoms with E-state index in [4.69, 9.17) is 0 Å². The van der Waals surface area contributed by atoms with E-state index in [1.165, 1.54) is 0 Å². The maximum absolute atomic E-state index is 9.29. The van der Waals surface area contributed by atoms with Crippen molar-refractivity contribution in [3.05, 3.63) is 42.1 Å². The zero-order valence-electron chi connectivity index (χ0n) is 9.38. The first-order valence-corrected chi connectivity index (χ1v) is 5.37. The molecule has 0 unspecified atom stereocenters. The topological polar surface area (TPSA) is 66.7 Å². The van der Waals surface area contributed by atoms with Crippen LogP contribution in [0.4, 0.5) is 0 Å². The summed E-state index contributed by atoms with van der Waals surface area (Å²) in [5.41, 5.74) is 1.96. The van der Waals surface area contributed by atoms with E-state index in [1.54, 1.807) is 10.8 Å². The van der Waals surface area contributed by atoms with Crippen molar-refractivity contribution in [2.24, 2.45) is 7.05 Å². The van der Waals surface area contributed by atoms with Crippen molar-refractivity contribution in [1.29, 1.82) is 0 Å². The number of aromatic hydroxyl groups is 1. The number of rotatable bonds is 2. The molecule has 17 heavy (non-hydrogen) atoms. The van der Waals surface area contributed by atoms with Gasteiger partial charge in [-0.05, 0) is 12.1 Å². The molecule has 3 aromatic rings. The van der Waals surface area contributed by atoms with Crippen molar-refractivity contribution in [2.75, 3.05) is 0 Å². The number of benzene rings is 1. The maximum atomic E-state index is 9.29. The minimum atomic E-state index is 0.0404. The molecule has 0 saturated carbocycles. The molecule has 0 aliphatic rings. The van der Waals surface area contributed by atoms with Crippen LogP contribution >= 0.6 is 0 Å². The molecular formula is C12H12N4O. The van der Waals surface area contributed by atoms with Crippen LogP contribution in [0.1, 0.15) is 11.6 Å². The molecule has 0 spiro atoms. The van der Waals surface area contributed by atoms with Gasteiger partial charge in [0, 0.05) is 7.05 Å². The van der Waals surface area contributed by atoms with E-state index in [0.717, 1.165) is 22.7 Å². The highest BCUT2D eigenvalue weighted by Gasteiger charge is 2.08. The van der Waals surface area contributed by atoms with Crippen LogP contribution in [0.2, 0.25) is 0 Å². The van der Waals surface area contributed by atoms with Crippen LogP contribution < -0.4 is 0 Å². The quantitative estimate of drug-likeness (QED) is 0.700. The van der Waals surface area contributed by atoms with Crippen molar-refractivity contribution in [3.8, 4) is 5.88 Å². The van der Waals surface area contributed by atoms with Gasteiger partial charge in [-0.3, -0.25) is 0 Å². The van der Waals surface area contributed by atoms with Gasteiger partial charge in [0.1, 0.15) is 11.6 Å². The fourth-order valence-electron chi connectivity index (χ4n) is 1.89. The van der Waals surface area contributed by atoms with Gasteiger partial charge in [0.15, 0.2) is 0 Å². The third kappa shape index (κ3) is 1.75. The van der Waals surface area contributed by atoms with Crippen LogP contribution in [0.15, 0.2) is 30.5 Å². The lowest BCUT2D eigenvalue weighted by Crippen LogP contribution is -1.99. The summed E-state index contributed by atoms with van der Waals surface area (Å²) in [5.74, 6) is 1.67. The van der Waals surface area contributed by atoms with Crippen molar-refractivity contribution in [2.45, 2.75) is 6.42 Å². The summed E-state index contributed by atoms with van der Waals surface area (Å²) in [6, 6.07) is 7.88. The number of hydrogen-bond acceptors (Lipinski definition) is 3. The second-order valence-corrected chi connectivity index (χ2v) is 4.00. The molecule has 3 rings (SSSR count). The molecule has 5 nitrogen and oxygen atoms in total. The number of H-pyrrole nitrogens is 1. The predicted octanol–water partition coefficient (Wildman–Crippen LogP) is 1.59. The Balaban J connectivity index is 1.97. The molecular weight excluding hydrogens is 216 g/mol. The number of imidazole rings is 2. The fourth-order valence-corrected chi connectivity index (χ4v) is 1.89. The van der Waals surface area contributed by atoms with E-state index in [0.29, 0.717) is 6.42 Å². The molecule has 1 aromatic carbocycles. The first-order valence-electron chi connectivity index (χ1n) is 5.37. The molecule has 0 amide bonds. The van der Waals surface area contributed by atoms with Gasteiger partial charge in [0.2, 0.25) is 5.88 Å². The SMILES string of the molecule is Cn1cc(O)nc1Cc1nc2ccccc2[nH]1. The number of nitrogens with zero attached hydrogens (tertiary/aromatic N) is 3. The van der Waals surface area contributed by atoms with Crippen molar-refractivity contribution in [3.63, 3.8) is 0 Å². The van der Waals surface area contributed by atoms with Gasteiger partial charge in [-0.25, -0.2) is 4.98 Å². The lowest BCUT2D eigenvalue weighted by atomic mass is 10.3. The van der Waals surface area contributed by atoms with Crippen LogP contribution in [0.5, 0.6) is 5.88 Å². The molecule has 0 aliphatic heterocycles. The lowest BCUT2D eigenvalue weighted by Gasteiger charge is -1.97. The average molecular weight is 228 g/mol. The van der Waals surface area contributed by atoms with Crippen molar-refractivity contribution >= 4 is 11.0 Å². The Morgan fingerprint density at radius 1 is 1.29 bits per heavy atom.